The Morgan fingerprint density at radius 2 is 1.72 bits per heavy atom. The van der Waals surface area contributed by atoms with E-state index in [4.69, 9.17) is 9.26 Å². The van der Waals surface area contributed by atoms with Crippen LogP contribution in [-0.4, -0.2) is 16.5 Å². The zero-order chi connectivity index (χ0) is 20.4. The molecule has 0 aliphatic carbocycles. The molecular formula is C21H15F3N2O3. The lowest BCUT2D eigenvalue weighted by atomic mass is 10.0. The third-order valence-corrected chi connectivity index (χ3v) is 4.25. The van der Waals surface area contributed by atoms with E-state index in [0.29, 0.717) is 22.4 Å². The molecule has 0 saturated carbocycles. The molecule has 2 aromatic heterocycles. The largest absolute Gasteiger partial charge is 0.573 e. The molecule has 0 amide bonds. The number of alkyl halides is 3. The van der Waals surface area contributed by atoms with Gasteiger partial charge in [0.1, 0.15) is 11.9 Å². The Hall–Kier alpha value is -3.55. The third-order valence-electron chi connectivity index (χ3n) is 4.25. The average Bonchev–Trinajstić information content (AvgIpc) is 3.10. The van der Waals surface area contributed by atoms with Crippen LogP contribution in [0.4, 0.5) is 13.2 Å². The van der Waals surface area contributed by atoms with Gasteiger partial charge in [-0.15, -0.1) is 13.2 Å². The van der Waals surface area contributed by atoms with E-state index in [2.05, 4.69) is 14.9 Å². The minimum Gasteiger partial charge on any atom is -0.466 e. The molecule has 4 aromatic rings. The van der Waals surface area contributed by atoms with Crippen LogP contribution in [0.5, 0.6) is 11.6 Å². The zero-order valence-corrected chi connectivity index (χ0v) is 15.2. The lowest BCUT2D eigenvalue weighted by Crippen LogP contribution is -2.16. The van der Waals surface area contributed by atoms with Gasteiger partial charge in [0.2, 0.25) is 0 Å². The van der Waals surface area contributed by atoms with E-state index in [9.17, 15) is 13.2 Å². The molecule has 0 saturated heterocycles. The Morgan fingerprint density at radius 3 is 2.41 bits per heavy atom. The molecule has 2 aromatic carbocycles. The molecule has 0 radical (unpaired) electrons. The SMILES string of the molecule is CC(Oc1noc2ccc(-c3ccc(OC(F)(F)F)cc3)cc12)c1ccccn1. The predicted molar refractivity (Wildman–Crippen MR) is 99.4 cm³/mol. The predicted octanol–water partition coefficient (Wildman–Crippen LogP) is 5.93. The first-order valence-electron chi connectivity index (χ1n) is 8.72. The molecule has 0 bridgehead atoms. The summed E-state index contributed by atoms with van der Waals surface area (Å²) in [5.41, 5.74) is 2.77. The maximum atomic E-state index is 12.3. The van der Waals surface area contributed by atoms with Crippen molar-refractivity contribution < 1.29 is 27.2 Å². The Labute approximate surface area is 163 Å². The van der Waals surface area contributed by atoms with E-state index in [1.807, 2.05) is 31.2 Å². The van der Waals surface area contributed by atoms with Gasteiger partial charge in [-0.1, -0.05) is 24.3 Å². The summed E-state index contributed by atoms with van der Waals surface area (Å²) in [4.78, 5) is 4.26. The van der Waals surface area contributed by atoms with Gasteiger partial charge in [0.05, 0.1) is 11.1 Å². The van der Waals surface area contributed by atoms with Gasteiger partial charge in [-0.3, -0.25) is 4.98 Å². The quantitative estimate of drug-likeness (QED) is 0.416. The van der Waals surface area contributed by atoms with E-state index >= 15 is 0 Å². The average molecular weight is 400 g/mol. The van der Waals surface area contributed by atoms with Gasteiger partial charge in [0, 0.05) is 6.20 Å². The van der Waals surface area contributed by atoms with Crippen molar-refractivity contribution in [1.29, 1.82) is 0 Å². The molecule has 148 valence electrons. The lowest BCUT2D eigenvalue weighted by molar-refractivity contribution is -0.274. The van der Waals surface area contributed by atoms with E-state index in [-0.39, 0.29) is 11.9 Å². The fraction of sp³-hybridized carbons (Fsp3) is 0.143. The van der Waals surface area contributed by atoms with Crippen LogP contribution in [0.3, 0.4) is 0 Å². The molecule has 5 nitrogen and oxygen atoms in total. The highest BCUT2D eigenvalue weighted by molar-refractivity contribution is 5.87. The van der Waals surface area contributed by atoms with Gasteiger partial charge >= 0.3 is 6.36 Å². The first-order chi connectivity index (χ1) is 13.9. The number of aromatic nitrogens is 2. The Balaban J connectivity index is 1.60. The summed E-state index contributed by atoms with van der Waals surface area (Å²) in [6, 6.07) is 16.5. The minimum absolute atomic E-state index is 0.277. The fourth-order valence-electron chi connectivity index (χ4n) is 2.87. The van der Waals surface area contributed by atoms with Gasteiger partial charge in [0.25, 0.3) is 5.88 Å². The molecule has 2 heterocycles. The van der Waals surface area contributed by atoms with Crippen molar-refractivity contribution in [3.8, 4) is 22.8 Å². The molecule has 0 aliphatic heterocycles. The second kappa shape index (κ2) is 7.46. The van der Waals surface area contributed by atoms with Crippen LogP contribution in [0.25, 0.3) is 22.1 Å². The number of pyridine rings is 1. The minimum atomic E-state index is -4.72. The van der Waals surface area contributed by atoms with Crippen LogP contribution in [0.15, 0.2) is 71.4 Å². The Bertz CT molecular complexity index is 1110. The first-order valence-corrected chi connectivity index (χ1v) is 8.72. The van der Waals surface area contributed by atoms with Crippen molar-refractivity contribution in [2.45, 2.75) is 19.4 Å². The molecule has 4 rings (SSSR count). The van der Waals surface area contributed by atoms with Gasteiger partial charge in [-0.05, 0) is 59.6 Å². The van der Waals surface area contributed by atoms with Crippen molar-refractivity contribution in [2.24, 2.45) is 0 Å². The topological polar surface area (TPSA) is 57.4 Å². The number of hydrogen-bond acceptors (Lipinski definition) is 5. The number of rotatable bonds is 5. The van der Waals surface area contributed by atoms with E-state index < -0.39 is 6.36 Å². The highest BCUT2D eigenvalue weighted by Crippen LogP contribution is 2.33. The van der Waals surface area contributed by atoms with E-state index in [0.717, 1.165) is 11.3 Å². The van der Waals surface area contributed by atoms with Crippen molar-refractivity contribution in [2.75, 3.05) is 0 Å². The van der Waals surface area contributed by atoms with Gasteiger partial charge in [-0.2, -0.15) is 0 Å². The van der Waals surface area contributed by atoms with E-state index in [1.165, 1.54) is 12.1 Å². The summed E-state index contributed by atoms with van der Waals surface area (Å²) in [6.07, 6.45) is -3.38. The molecule has 0 aliphatic rings. The number of halogens is 3. The second-order valence-corrected chi connectivity index (χ2v) is 6.29. The molecule has 1 unspecified atom stereocenters. The van der Waals surface area contributed by atoms with Crippen LogP contribution in [0.1, 0.15) is 18.7 Å². The molecule has 0 fully saturated rings. The first kappa shape index (κ1) is 18.8. The summed E-state index contributed by atoms with van der Waals surface area (Å²) in [5.74, 6) is 0.0394. The summed E-state index contributed by atoms with van der Waals surface area (Å²) in [7, 11) is 0. The summed E-state index contributed by atoms with van der Waals surface area (Å²) < 4.78 is 52.1. The number of benzene rings is 2. The Kier molecular flexibility index (Phi) is 4.84. The highest BCUT2D eigenvalue weighted by atomic mass is 19.4. The van der Waals surface area contributed by atoms with Crippen molar-refractivity contribution in [3.63, 3.8) is 0 Å². The summed E-state index contributed by atoms with van der Waals surface area (Å²) >= 11 is 0. The molecule has 8 heteroatoms. The maximum Gasteiger partial charge on any atom is 0.573 e. The number of hydrogen-bond donors (Lipinski definition) is 0. The van der Waals surface area contributed by atoms with Crippen LogP contribution >= 0.6 is 0 Å². The summed E-state index contributed by atoms with van der Waals surface area (Å²) in [5, 5.41) is 4.63. The monoisotopic (exact) mass is 400 g/mol. The highest BCUT2D eigenvalue weighted by Gasteiger charge is 2.31. The lowest BCUT2D eigenvalue weighted by Gasteiger charge is -2.11. The van der Waals surface area contributed by atoms with Gasteiger partial charge in [0.15, 0.2) is 5.58 Å². The number of nitrogens with zero attached hydrogens (tertiary/aromatic N) is 2. The van der Waals surface area contributed by atoms with E-state index in [1.54, 1.807) is 30.5 Å². The standard InChI is InChI=1S/C21H15F3N2O3/c1-13(18-4-2-3-11-25-18)27-20-17-12-15(7-10-19(17)29-26-20)14-5-8-16(9-6-14)28-21(22,23)24/h2-13H,1H3. The molecule has 0 spiro atoms. The van der Waals surface area contributed by atoms with Crippen molar-refractivity contribution in [3.05, 3.63) is 72.6 Å². The van der Waals surface area contributed by atoms with Crippen LogP contribution in [0.2, 0.25) is 0 Å². The van der Waals surface area contributed by atoms with Crippen molar-refractivity contribution >= 4 is 11.0 Å². The third kappa shape index (κ3) is 4.31. The molecule has 0 N–H and O–H groups in total. The number of ether oxygens (including phenoxy) is 2. The van der Waals surface area contributed by atoms with Gasteiger partial charge < -0.3 is 14.0 Å². The normalized spacial score (nSPS) is 12.7. The smallest absolute Gasteiger partial charge is 0.466 e. The van der Waals surface area contributed by atoms with Gasteiger partial charge in [-0.25, -0.2) is 0 Å². The molecule has 1 atom stereocenters. The van der Waals surface area contributed by atoms with Crippen LogP contribution < -0.4 is 9.47 Å². The molecular weight excluding hydrogens is 385 g/mol. The van der Waals surface area contributed by atoms with Crippen LogP contribution in [0, 0.1) is 0 Å². The number of fused-ring (bicyclic) bond motifs is 1. The second-order valence-electron chi connectivity index (χ2n) is 6.29. The fourth-order valence-corrected chi connectivity index (χ4v) is 2.87. The summed E-state index contributed by atoms with van der Waals surface area (Å²) in [6.45, 7) is 1.85. The van der Waals surface area contributed by atoms with Crippen LogP contribution in [-0.2, 0) is 0 Å². The molecule has 29 heavy (non-hydrogen) atoms. The van der Waals surface area contributed by atoms with Crippen molar-refractivity contribution in [1.82, 2.24) is 10.1 Å². The zero-order valence-electron chi connectivity index (χ0n) is 15.2. The Morgan fingerprint density at radius 1 is 0.966 bits per heavy atom. The maximum absolute atomic E-state index is 12.3.